The Morgan fingerprint density at radius 3 is 2.36 bits per heavy atom. The minimum atomic E-state index is -3.92. The van der Waals surface area contributed by atoms with Gasteiger partial charge in [-0.15, -0.1) is 0 Å². The van der Waals surface area contributed by atoms with Crippen molar-refractivity contribution in [2.75, 3.05) is 0 Å². The molecule has 1 aliphatic rings. The van der Waals surface area contributed by atoms with E-state index in [4.69, 9.17) is 0 Å². The molecule has 1 rings (SSSR count). The van der Waals surface area contributed by atoms with Gasteiger partial charge in [-0.1, -0.05) is 19.8 Å². The minimum absolute atomic E-state index is 0.0463. The van der Waals surface area contributed by atoms with Gasteiger partial charge >= 0.3 is 6.18 Å². The zero-order valence-electron chi connectivity index (χ0n) is 6.62. The van der Waals surface area contributed by atoms with Gasteiger partial charge in [-0.2, -0.15) is 13.2 Å². The van der Waals surface area contributed by atoms with Crippen LogP contribution < -0.4 is 0 Å². The zero-order chi connectivity index (χ0) is 8.48. The number of alkyl halides is 3. The molecule has 0 radical (unpaired) electrons. The maximum atomic E-state index is 11.9. The number of hydrogen-bond acceptors (Lipinski definition) is 0. The highest BCUT2D eigenvalue weighted by molar-refractivity contribution is 4.90. The van der Waals surface area contributed by atoms with E-state index < -0.39 is 12.1 Å². The Morgan fingerprint density at radius 2 is 2.00 bits per heavy atom. The fourth-order valence-corrected chi connectivity index (χ4v) is 1.43. The molecule has 0 saturated heterocycles. The first-order chi connectivity index (χ1) is 5.05. The monoisotopic (exact) mass is 166 g/mol. The van der Waals surface area contributed by atoms with Crippen LogP contribution in [-0.4, -0.2) is 6.18 Å². The summed E-state index contributed by atoms with van der Waals surface area (Å²) in [5.74, 6) is -1.01. The first kappa shape index (κ1) is 8.88. The Morgan fingerprint density at radius 1 is 1.36 bits per heavy atom. The molecule has 1 aliphatic carbocycles. The van der Waals surface area contributed by atoms with E-state index in [0.29, 0.717) is 6.42 Å². The lowest BCUT2D eigenvalue weighted by atomic mass is 10.1. The van der Waals surface area contributed by atoms with Crippen molar-refractivity contribution in [1.82, 2.24) is 0 Å². The van der Waals surface area contributed by atoms with E-state index in [9.17, 15) is 13.2 Å². The second-order valence-corrected chi connectivity index (χ2v) is 3.29. The molecule has 0 aromatic heterocycles. The summed E-state index contributed by atoms with van der Waals surface area (Å²) in [5.41, 5.74) is 0. The third-order valence-corrected chi connectivity index (χ3v) is 2.27. The van der Waals surface area contributed by atoms with Crippen LogP contribution in [0.2, 0.25) is 0 Å². The molecular formula is C8H13F3. The van der Waals surface area contributed by atoms with Crippen LogP contribution in [0.25, 0.3) is 0 Å². The van der Waals surface area contributed by atoms with E-state index in [1.165, 1.54) is 0 Å². The lowest BCUT2D eigenvalue weighted by molar-refractivity contribution is -0.151. The predicted octanol–water partition coefficient (Wildman–Crippen LogP) is 3.38. The molecule has 2 atom stereocenters. The largest absolute Gasteiger partial charge is 0.392 e. The maximum absolute atomic E-state index is 11.9. The van der Waals surface area contributed by atoms with Crippen LogP contribution in [0.15, 0.2) is 0 Å². The van der Waals surface area contributed by atoms with Crippen molar-refractivity contribution in [3.05, 3.63) is 0 Å². The van der Waals surface area contributed by atoms with Gasteiger partial charge in [0.1, 0.15) is 0 Å². The van der Waals surface area contributed by atoms with E-state index in [-0.39, 0.29) is 5.92 Å². The van der Waals surface area contributed by atoms with E-state index in [1.807, 2.05) is 6.92 Å². The fourth-order valence-electron chi connectivity index (χ4n) is 1.43. The van der Waals surface area contributed by atoms with Crippen LogP contribution in [0.3, 0.4) is 0 Å². The summed E-state index contributed by atoms with van der Waals surface area (Å²) in [6, 6.07) is 0. The number of halogens is 3. The summed E-state index contributed by atoms with van der Waals surface area (Å²) in [6.45, 7) is 2.00. The molecule has 0 aromatic carbocycles. The number of rotatable bonds is 3. The molecule has 0 aliphatic heterocycles. The Bertz CT molecular complexity index is 128. The first-order valence-corrected chi connectivity index (χ1v) is 4.12. The molecule has 66 valence electrons. The van der Waals surface area contributed by atoms with Crippen LogP contribution in [0.4, 0.5) is 13.2 Å². The molecule has 0 spiro atoms. The van der Waals surface area contributed by atoms with Crippen LogP contribution in [0.1, 0.15) is 32.6 Å². The van der Waals surface area contributed by atoms with Crippen molar-refractivity contribution in [3.63, 3.8) is 0 Å². The molecule has 0 heterocycles. The highest BCUT2D eigenvalue weighted by Gasteiger charge is 2.54. The third kappa shape index (κ3) is 2.38. The summed E-state index contributed by atoms with van der Waals surface area (Å²) >= 11 is 0. The SMILES string of the molecule is CCCC[C@H]1C[C@@H]1C(F)(F)F. The topological polar surface area (TPSA) is 0 Å². The summed E-state index contributed by atoms with van der Waals surface area (Å²) in [6.07, 6.45) is -0.832. The second-order valence-electron chi connectivity index (χ2n) is 3.29. The maximum Gasteiger partial charge on any atom is 0.392 e. The van der Waals surface area contributed by atoms with Crippen molar-refractivity contribution in [1.29, 1.82) is 0 Å². The van der Waals surface area contributed by atoms with Gasteiger partial charge in [0.15, 0.2) is 0 Å². The van der Waals surface area contributed by atoms with Crippen LogP contribution in [0.5, 0.6) is 0 Å². The van der Waals surface area contributed by atoms with Crippen molar-refractivity contribution in [2.24, 2.45) is 11.8 Å². The highest BCUT2D eigenvalue weighted by Crippen LogP contribution is 2.52. The van der Waals surface area contributed by atoms with Gasteiger partial charge < -0.3 is 0 Å². The van der Waals surface area contributed by atoms with Crippen LogP contribution >= 0.6 is 0 Å². The van der Waals surface area contributed by atoms with Crippen LogP contribution in [-0.2, 0) is 0 Å². The molecule has 0 nitrogen and oxygen atoms in total. The van der Waals surface area contributed by atoms with Gasteiger partial charge in [-0.3, -0.25) is 0 Å². The van der Waals surface area contributed by atoms with Gasteiger partial charge in [-0.25, -0.2) is 0 Å². The molecule has 0 unspecified atom stereocenters. The lowest BCUT2D eigenvalue weighted by Crippen LogP contribution is -2.11. The highest BCUT2D eigenvalue weighted by atomic mass is 19.4. The Balaban J connectivity index is 2.16. The van der Waals surface area contributed by atoms with Crippen molar-refractivity contribution in [3.8, 4) is 0 Å². The average Bonchev–Trinajstić information content (AvgIpc) is 2.60. The minimum Gasteiger partial charge on any atom is -0.171 e. The normalized spacial score (nSPS) is 30.5. The molecule has 0 aromatic rings. The van der Waals surface area contributed by atoms with E-state index in [0.717, 1.165) is 19.3 Å². The van der Waals surface area contributed by atoms with E-state index >= 15 is 0 Å². The predicted molar refractivity (Wildman–Crippen MR) is 37.2 cm³/mol. The molecule has 1 saturated carbocycles. The Labute approximate surface area is 64.8 Å². The van der Waals surface area contributed by atoms with Crippen molar-refractivity contribution >= 4 is 0 Å². The van der Waals surface area contributed by atoms with Crippen molar-refractivity contribution in [2.45, 2.75) is 38.8 Å². The van der Waals surface area contributed by atoms with Gasteiger partial charge in [0, 0.05) is 0 Å². The van der Waals surface area contributed by atoms with Crippen LogP contribution in [0, 0.1) is 11.8 Å². The number of unbranched alkanes of at least 4 members (excludes halogenated alkanes) is 1. The molecule has 3 heteroatoms. The summed E-state index contributed by atoms with van der Waals surface area (Å²) in [5, 5.41) is 0. The van der Waals surface area contributed by atoms with E-state index in [2.05, 4.69) is 0 Å². The zero-order valence-corrected chi connectivity index (χ0v) is 6.62. The summed E-state index contributed by atoms with van der Waals surface area (Å²) in [4.78, 5) is 0. The molecular weight excluding hydrogens is 153 g/mol. The Kier molecular flexibility index (Phi) is 2.45. The van der Waals surface area contributed by atoms with Gasteiger partial charge in [0.25, 0.3) is 0 Å². The van der Waals surface area contributed by atoms with Gasteiger partial charge in [0.2, 0.25) is 0 Å². The Hall–Kier alpha value is -0.210. The fraction of sp³-hybridized carbons (Fsp3) is 1.00. The summed E-state index contributed by atoms with van der Waals surface area (Å²) < 4.78 is 35.8. The molecule has 11 heavy (non-hydrogen) atoms. The molecule has 1 fully saturated rings. The van der Waals surface area contributed by atoms with Crippen molar-refractivity contribution < 1.29 is 13.2 Å². The quantitative estimate of drug-likeness (QED) is 0.603. The second kappa shape index (κ2) is 3.03. The summed E-state index contributed by atoms with van der Waals surface area (Å²) in [7, 11) is 0. The smallest absolute Gasteiger partial charge is 0.171 e. The average molecular weight is 166 g/mol. The first-order valence-electron chi connectivity index (χ1n) is 4.12. The van der Waals surface area contributed by atoms with Gasteiger partial charge in [-0.05, 0) is 18.8 Å². The molecule has 0 bridgehead atoms. The third-order valence-electron chi connectivity index (χ3n) is 2.27. The molecule has 0 N–H and O–H groups in total. The van der Waals surface area contributed by atoms with E-state index in [1.54, 1.807) is 0 Å². The number of hydrogen-bond donors (Lipinski definition) is 0. The molecule has 0 amide bonds. The van der Waals surface area contributed by atoms with Gasteiger partial charge in [0.05, 0.1) is 5.92 Å². The lowest BCUT2D eigenvalue weighted by Gasteiger charge is -2.03. The standard InChI is InChI=1S/C8H13F3/c1-2-3-4-6-5-7(6)8(9,10)11/h6-7H,2-5H2,1H3/t6-,7-/m0/s1.